The Hall–Kier alpha value is -2.66. The summed E-state index contributed by atoms with van der Waals surface area (Å²) in [6.45, 7) is 3.84. The zero-order valence-corrected chi connectivity index (χ0v) is 14.5. The van der Waals surface area contributed by atoms with Crippen LogP contribution in [-0.4, -0.2) is 30.8 Å². The van der Waals surface area contributed by atoms with Crippen LogP contribution in [-0.2, 0) is 4.79 Å². The molecule has 0 aliphatic carbocycles. The molecule has 2 amide bonds. The first-order valence-electron chi connectivity index (χ1n) is 7.75. The Bertz CT molecular complexity index is 752. The largest absolute Gasteiger partial charge is 0.345 e. The van der Waals surface area contributed by atoms with Crippen LogP contribution in [0.3, 0.4) is 0 Å². The van der Waals surface area contributed by atoms with Gasteiger partial charge in [0.2, 0.25) is 5.91 Å². The fraction of sp³-hybridized carbons (Fsp3) is 0.263. The van der Waals surface area contributed by atoms with Crippen molar-refractivity contribution in [3.05, 3.63) is 64.7 Å². The monoisotopic (exact) mass is 325 g/mol. The van der Waals surface area contributed by atoms with Gasteiger partial charge in [0, 0.05) is 25.3 Å². The van der Waals surface area contributed by atoms with E-state index in [0.717, 1.165) is 16.7 Å². The van der Waals surface area contributed by atoms with E-state index in [0.29, 0.717) is 11.3 Å². The summed E-state index contributed by atoms with van der Waals surface area (Å²) in [6.07, 6.45) is 0. The first kappa shape index (κ1) is 17.7. The molecule has 5 heteroatoms. The molecule has 0 spiro atoms. The molecule has 1 unspecified atom stereocenters. The van der Waals surface area contributed by atoms with Gasteiger partial charge in [0.25, 0.3) is 5.91 Å². The quantitative estimate of drug-likeness (QED) is 0.907. The number of hydrogen-bond donors (Lipinski definition) is 2. The lowest BCUT2D eigenvalue weighted by Gasteiger charge is -2.16. The Morgan fingerprint density at radius 2 is 1.67 bits per heavy atom. The van der Waals surface area contributed by atoms with Crippen molar-refractivity contribution in [3.63, 3.8) is 0 Å². The molecule has 0 heterocycles. The molecule has 2 rings (SSSR count). The second kappa shape index (κ2) is 7.27. The van der Waals surface area contributed by atoms with Crippen LogP contribution in [0.25, 0.3) is 0 Å². The van der Waals surface area contributed by atoms with E-state index in [9.17, 15) is 9.59 Å². The third-order valence-electron chi connectivity index (χ3n) is 3.86. The fourth-order valence-electron chi connectivity index (χ4n) is 2.32. The Kier molecular flexibility index (Phi) is 5.36. The Morgan fingerprint density at radius 3 is 2.25 bits per heavy atom. The van der Waals surface area contributed by atoms with Crippen LogP contribution in [0.5, 0.6) is 0 Å². The number of carbonyl (C=O) groups excluding carboxylic acids is 2. The normalized spacial score (nSPS) is 11.7. The van der Waals surface area contributed by atoms with Crippen molar-refractivity contribution < 1.29 is 9.59 Å². The topological polar surface area (TPSA) is 75.4 Å². The van der Waals surface area contributed by atoms with Crippen molar-refractivity contribution in [1.82, 2.24) is 4.90 Å². The molecule has 24 heavy (non-hydrogen) atoms. The number of nitrogens with two attached hydrogens (primary N) is 1. The van der Waals surface area contributed by atoms with Crippen molar-refractivity contribution in [2.24, 2.45) is 5.73 Å². The predicted molar refractivity (Wildman–Crippen MR) is 95.9 cm³/mol. The van der Waals surface area contributed by atoms with Crippen LogP contribution in [0, 0.1) is 13.8 Å². The van der Waals surface area contributed by atoms with Crippen LogP contribution < -0.4 is 11.1 Å². The van der Waals surface area contributed by atoms with Gasteiger partial charge in [-0.2, -0.15) is 0 Å². The summed E-state index contributed by atoms with van der Waals surface area (Å²) in [4.78, 5) is 26.1. The van der Waals surface area contributed by atoms with Crippen molar-refractivity contribution >= 4 is 17.5 Å². The van der Waals surface area contributed by atoms with Crippen LogP contribution >= 0.6 is 0 Å². The maximum atomic E-state index is 12.4. The Morgan fingerprint density at radius 1 is 1.04 bits per heavy atom. The maximum absolute atomic E-state index is 12.4. The zero-order chi connectivity index (χ0) is 17.9. The van der Waals surface area contributed by atoms with Crippen LogP contribution in [0.4, 0.5) is 5.69 Å². The minimum atomic E-state index is -0.764. The van der Waals surface area contributed by atoms with E-state index in [1.165, 1.54) is 4.90 Å². The molecular weight excluding hydrogens is 302 g/mol. The predicted octanol–water partition coefficient (Wildman–Crippen LogP) is 2.64. The van der Waals surface area contributed by atoms with E-state index in [4.69, 9.17) is 5.73 Å². The lowest BCUT2D eigenvalue weighted by Crippen LogP contribution is -2.28. The average Bonchev–Trinajstić information content (AvgIpc) is 2.55. The standard InChI is InChI=1S/C19H23N3O2/c1-12-5-8-14(9-6-12)17(20)18(23)21-15-10-7-13(2)16(11-15)19(24)22(3)4/h5-11,17H,20H2,1-4H3,(H,21,23). The van der Waals surface area contributed by atoms with E-state index >= 15 is 0 Å². The molecule has 0 bridgehead atoms. The van der Waals surface area contributed by atoms with Crippen LogP contribution in [0.1, 0.15) is 33.1 Å². The fourth-order valence-corrected chi connectivity index (χ4v) is 2.32. The molecule has 126 valence electrons. The summed E-state index contributed by atoms with van der Waals surface area (Å²) >= 11 is 0. The number of anilines is 1. The molecule has 5 nitrogen and oxygen atoms in total. The molecular formula is C19H23N3O2. The molecule has 0 aromatic heterocycles. The lowest BCUT2D eigenvalue weighted by molar-refractivity contribution is -0.117. The highest BCUT2D eigenvalue weighted by atomic mass is 16.2. The highest BCUT2D eigenvalue weighted by Gasteiger charge is 2.17. The smallest absolute Gasteiger partial charge is 0.253 e. The van der Waals surface area contributed by atoms with Gasteiger partial charge < -0.3 is 16.0 Å². The van der Waals surface area contributed by atoms with Crippen molar-refractivity contribution in [1.29, 1.82) is 0 Å². The molecule has 2 aromatic carbocycles. The minimum absolute atomic E-state index is 0.105. The molecule has 2 aromatic rings. The first-order valence-corrected chi connectivity index (χ1v) is 7.75. The van der Waals surface area contributed by atoms with Gasteiger partial charge in [-0.3, -0.25) is 9.59 Å². The van der Waals surface area contributed by atoms with Crippen LogP contribution in [0.15, 0.2) is 42.5 Å². The number of hydrogen-bond acceptors (Lipinski definition) is 3. The lowest BCUT2D eigenvalue weighted by atomic mass is 10.0. The number of nitrogens with zero attached hydrogens (tertiary/aromatic N) is 1. The highest BCUT2D eigenvalue weighted by molar-refractivity contribution is 5.99. The molecule has 0 saturated heterocycles. The van der Waals surface area contributed by atoms with E-state index in [-0.39, 0.29) is 11.8 Å². The number of benzene rings is 2. The third-order valence-corrected chi connectivity index (χ3v) is 3.86. The third kappa shape index (κ3) is 4.00. The SMILES string of the molecule is Cc1ccc(C(N)C(=O)Nc2ccc(C)c(C(=O)N(C)C)c2)cc1. The van der Waals surface area contributed by atoms with Gasteiger partial charge in [-0.15, -0.1) is 0 Å². The molecule has 0 fully saturated rings. The van der Waals surface area contributed by atoms with Crippen molar-refractivity contribution in [2.45, 2.75) is 19.9 Å². The van der Waals surface area contributed by atoms with Gasteiger partial charge in [0.1, 0.15) is 6.04 Å². The second-order valence-electron chi connectivity index (χ2n) is 6.11. The summed E-state index contributed by atoms with van der Waals surface area (Å²) in [7, 11) is 3.39. The Balaban J connectivity index is 2.18. The van der Waals surface area contributed by atoms with E-state index in [2.05, 4.69) is 5.32 Å². The second-order valence-corrected chi connectivity index (χ2v) is 6.11. The summed E-state index contributed by atoms with van der Waals surface area (Å²) in [5.74, 6) is -0.419. The molecule has 0 aliphatic heterocycles. The van der Waals surface area contributed by atoms with Crippen molar-refractivity contribution in [2.75, 3.05) is 19.4 Å². The minimum Gasteiger partial charge on any atom is -0.345 e. The molecule has 3 N–H and O–H groups in total. The van der Waals surface area contributed by atoms with Gasteiger partial charge in [0.05, 0.1) is 0 Å². The van der Waals surface area contributed by atoms with Gasteiger partial charge in [0.15, 0.2) is 0 Å². The van der Waals surface area contributed by atoms with Gasteiger partial charge in [-0.05, 0) is 37.1 Å². The van der Waals surface area contributed by atoms with Gasteiger partial charge >= 0.3 is 0 Å². The summed E-state index contributed by atoms with van der Waals surface area (Å²) in [5.41, 5.74) is 9.85. The number of nitrogens with one attached hydrogen (secondary N) is 1. The van der Waals surface area contributed by atoms with Gasteiger partial charge in [-0.1, -0.05) is 35.9 Å². The molecule has 0 aliphatic rings. The van der Waals surface area contributed by atoms with E-state index in [1.54, 1.807) is 26.2 Å². The molecule has 1 atom stereocenters. The number of amides is 2. The average molecular weight is 325 g/mol. The summed E-state index contributed by atoms with van der Waals surface area (Å²) in [6, 6.07) is 12.0. The van der Waals surface area contributed by atoms with Crippen LogP contribution in [0.2, 0.25) is 0 Å². The summed E-state index contributed by atoms with van der Waals surface area (Å²) in [5, 5.41) is 2.78. The molecule has 0 saturated carbocycles. The number of carbonyl (C=O) groups is 2. The Labute approximate surface area is 142 Å². The van der Waals surface area contributed by atoms with E-state index in [1.807, 2.05) is 44.2 Å². The number of rotatable bonds is 4. The van der Waals surface area contributed by atoms with E-state index < -0.39 is 6.04 Å². The molecule has 0 radical (unpaired) electrons. The van der Waals surface area contributed by atoms with Gasteiger partial charge in [-0.25, -0.2) is 0 Å². The first-order chi connectivity index (χ1) is 11.3. The summed E-state index contributed by atoms with van der Waals surface area (Å²) < 4.78 is 0. The number of aryl methyl sites for hydroxylation is 2. The zero-order valence-electron chi connectivity index (χ0n) is 14.5. The highest BCUT2D eigenvalue weighted by Crippen LogP contribution is 2.19. The van der Waals surface area contributed by atoms with Crippen molar-refractivity contribution in [3.8, 4) is 0 Å². The maximum Gasteiger partial charge on any atom is 0.253 e.